The Balaban J connectivity index is 2.61. The Morgan fingerprint density at radius 2 is 2.00 bits per heavy atom. The molecule has 21 heavy (non-hydrogen) atoms. The quantitative estimate of drug-likeness (QED) is 0.680. The lowest BCUT2D eigenvalue weighted by Gasteiger charge is -2.30. The smallest absolute Gasteiger partial charge is 0.237 e. The number of nitrogens with one attached hydrogen (secondary N) is 1. The van der Waals surface area contributed by atoms with Crippen molar-refractivity contribution in [2.24, 2.45) is 11.1 Å². The highest BCUT2D eigenvalue weighted by Gasteiger charge is 2.44. The molecule has 1 saturated heterocycles. The van der Waals surface area contributed by atoms with E-state index in [0.717, 1.165) is 0 Å². The van der Waals surface area contributed by atoms with Crippen molar-refractivity contribution in [2.45, 2.75) is 65.5 Å². The number of hydrogen-bond acceptors (Lipinski definition) is 4. The molecule has 6 nitrogen and oxygen atoms in total. The lowest BCUT2D eigenvalue weighted by atomic mass is 9.92. The van der Waals surface area contributed by atoms with Crippen molar-refractivity contribution < 1.29 is 14.4 Å². The van der Waals surface area contributed by atoms with Gasteiger partial charge in [0, 0.05) is 19.0 Å². The maximum Gasteiger partial charge on any atom is 0.237 e. The Kier molecular flexibility index (Phi) is 5.15. The van der Waals surface area contributed by atoms with E-state index in [1.165, 1.54) is 4.90 Å². The van der Waals surface area contributed by atoms with Gasteiger partial charge >= 0.3 is 0 Å². The molecule has 1 aliphatic rings. The molecule has 0 aromatic heterocycles. The van der Waals surface area contributed by atoms with Gasteiger partial charge in [0.2, 0.25) is 17.7 Å². The van der Waals surface area contributed by atoms with Crippen molar-refractivity contribution in [3.63, 3.8) is 0 Å². The van der Waals surface area contributed by atoms with Crippen molar-refractivity contribution in [3.8, 4) is 0 Å². The van der Waals surface area contributed by atoms with E-state index >= 15 is 0 Å². The molecule has 3 amide bonds. The number of carbonyl (C=O) groups is 3. The van der Waals surface area contributed by atoms with Crippen LogP contribution in [0.2, 0.25) is 0 Å². The van der Waals surface area contributed by atoms with Gasteiger partial charge in [-0.15, -0.1) is 0 Å². The molecule has 120 valence electrons. The minimum absolute atomic E-state index is 0.122. The number of nitrogens with two attached hydrogens (primary N) is 1. The molecule has 6 heteroatoms. The molecule has 1 rings (SSSR count). The molecule has 1 unspecified atom stereocenters. The van der Waals surface area contributed by atoms with E-state index in [0.29, 0.717) is 19.4 Å². The lowest BCUT2D eigenvalue weighted by Crippen LogP contribution is -2.55. The molecule has 0 aromatic rings. The van der Waals surface area contributed by atoms with Crippen molar-refractivity contribution in [3.05, 3.63) is 0 Å². The van der Waals surface area contributed by atoms with Gasteiger partial charge < -0.3 is 11.1 Å². The number of primary amides is 1. The van der Waals surface area contributed by atoms with Gasteiger partial charge in [-0.3, -0.25) is 19.3 Å². The van der Waals surface area contributed by atoms with E-state index in [9.17, 15) is 14.4 Å². The van der Waals surface area contributed by atoms with Gasteiger partial charge in [-0.25, -0.2) is 0 Å². The van der Waals surface area contributed by atoms with Crippen LogP contribution in [0.3, 0.4) is 0 Å². The number of hydrogen-bond donors (Lipinski definition) is 2. The third kappa shape index (κ3) is 4.03. The van der Waals surface area contributed by atoms with Gasteiger partial charge in [0.15, 0.2) is 0 Å². The maximum atomic E-state index is 12.1. The summed E-state index contributed by atoms with van der Waals surface area (Å²) < 4.78 is 0. The number of rotatable bonds is 7. The van der Waals surface area contributed by atoms with E-state index in [4.69, 9.17) is 5.73 Å². The fourth-order valence-corrected chi connectivity index (χ4v) is 2.75. The van der Waals surface area contributed by atoms with Crippen LogP contribution in [0.5, 0.6) is 0 Å². The molecule has 0 radical (unpaired) electrons. The molecule has 1 aliphatic heterocycles. The minimum atomic E-state index is -0.824. The van der Waals surface area contributed by atoms with Gasteiger partial charge in [-0.2, -0.15) is 0 Å². The zero-order valence-corrected chi connectivity index (χ0v) is 13.7. The predicted molar refractivity (Wildman–Crippen MR) is 80.2 cm³/mol. The zero-order chi connectivity index (χ0) is 16.4. The summed E-state index contributed by atoms with van der Waals surface area (Å²) in [7, 11) is 0. The molecule has 1 fully saturated rings. The molecule has 0 spiro atoms. The first-order valence-corrected chi connectivity index (χ1v) is 7.42. The summed E-state index contributed by atoms with van der Waals surface area (Å²) in [6.45, 7) is 9.53. The van der Waals surface area contributed by atoms with Crippen LogP contribution in [0.1, 0.15) is 53.9 Å². The van der Waals surface area contributed by atoms with Crippen molar-refractivity contribution in [1.29, 1.82) is 0 Å². The first kappa shape index (κ1) is 17.6. The second kappa shape index (κ2) is 6.13. The van der Waals surface area contributed by atoms with E-state index < -0.39 is 16.9 Å². The standard InChI is InChI=1S/C15H27N3O3/c1-10(2)17-15(5,12(16)20)7-6-8-18-11(19)9-14(3,4)13(18)21/h10,17H,6-9H2,1-5H3,(H2,16,20). The van der Waals surface area contributed by atoms with Crippen molar-refractivity contribution >= 4 is 17.7 Å². The summed E-state index contributed by atoms with van der Waals surface area (Å²) >= 11 is 0. The van der Waals surface area contributed by atoms with Crippen LogP contribution in [0.25, 0.3) is 0 Å². The van der Waals surface area contributed by atoms with E-state index in [-0.39, 0.29) is 24.3 Å². The van der Waals surface area contributed by atoms with Crippen molar-refractivity contribution in [2.75, 3.05) is 6.54 Å². The van der Waals surface area contributed by atoms with Gasteiger partial charge in [0.1, 0.15) is 0 Å². The average molecular weight is 297 g/mol. The average Bonchev–Trinajstić information content (AvgIpc) is 2.49. The number of imide groups is 1. The molecule has 0 saturated carbocycles. The van der Waals surface area contributed by atoms with Crippen LogP contribution in [0.15, 0.2) is 0 Å². The first-order valence-electron chi connectivity index (χ1n) is 7.42. The summed E-state index contributed by atoms with van der Waals surface area (Å²) in [4.78, 5) is 36.9. The Morgan fingerprint density at radius 3 is 2.38 bits per heavy atom. The third-order valence-corrected chi connectivity index (χ3v) is 3.93. The number of likely N-dealkylation sites (tertiary alicyclic amines) is 1. The molecule has 0 aliphatic carbocycles. The zero-order valence-electron chi connectivity index (χ0n) is 13.7. The minimum Gasteiger partial charge on any atom is -0.368 e. The van der Waals surface area contributed by atoms with Crippen LogP contribution in [-0.2, 0) is 14.4 Å². The highest BCUT2D eigenvalue weighted by molar-refractivity contribution is 6.05. The largest absolute Gasteiger partial charge is 0.368 e. The van der Waals surface area contributed by atoms with Crippen LogP contribution < -0.4 is 11.1 Å². The Morgan fingerprint density at radius 1 is 1.43 bits per heavy atom. The van der Waals surface area contributed by atoms with Crippen molar-refractivity contribution in [1.82, 2.24) is 10.2 Å². The van der Waals surface area contributed by atoms with E-state index in [1.807, 2.05) is 13.8 Å². The SMILES string of the molecule is CC(C)NC(C)(CCCN1C(=O)CC(C)(C)C1=O)C(N)=O. The van der Waals surface area contributed by atoms with E-state index in [1.54, 1.807) is 20.8 Å². The number of nitrogens with zero attached hydrogens (tertiary/aromatic N) is 1. The molecule has 1 heterocycles. The summed E-state index contributed by atoms with van der Waals surface area (Å²) in [6, 6.07) is 0.122. The van der Waals surface area contributed by atoms with Crippen LogP contribution in [-0.4, -0.2) is 40.7 Å². The van der Waals surface area contributed by atoms with E-state index in [2.05, 4.69) is 5.32 Å². The topological polar surface area (TPSA) is 92.5 Å². The molecule has 1 atom stereocenters. The fraction of sp³-hybridized carbons (Fsp3) is 0.800. The summed E-state index contributed by atoms with van der Waals surface area (Å²) in [5, 5.41) is 3.16. The van der Waals surface area contributed by atoms with Gasteiger partial charge in [-0.05, 0) is 33.6 Å². The highest BCUT2D eigenvalue weighted by atomic mass is 16.2. The lowest BCUT2D eigenvalue weighted by molar-refractivity contribution is -0.140. The Hall–Kier alpha value is -1.43. The second-order valence-corrected chi connectivity index (χ2v) is 7.01. The number of amides is 3. The molecular formula is C15H27N3O3. The molecule has 3 N–H and O–H groups in total. The second-order valence-electron chi connectivity index (χ2n) is 7.01. The van der Waals surface area contributed by atoms with Crippen LogP contribution in [0.4, 0.5) is 0 Å². The fourth-order valence-electron chi connectivity index (χ4n) is 2.75. The molecular weight excluding hydrogens is 270 g/mol. The summed E-state index contributed by atoms with van der Waals surface area (Å²) in [6.07, 6.45) is 1.29. The van der Waals surface area contributed by atoms with Crippen LogP contribution in [0, 0.1) is 5.41 Å². The van der Waals surface area contributed by atoms with Gasteiger partial charge in [-0.1, -0.05) is 13.8 Å². The monoisotopic (exact) mass is 297 g/mol. The Bertz CT molecular complexity index is 445. The molecule has 0 bridgehead atoms. The maximum absolute atomic E-state index is 12.1. The van der Waals surface area contributed by atoms with Gasteiger partial charge in [0.25, 0.3) is 0 Å². The highest BCUT2D eigenvalue weighted by Crippen LogP contribution is 2.31. The predicted octanol–water partition coefficient (Wildman–Crippen LogP) is 0.794. The Labute approximate surface area is 126 Å². The first-order chi connectivity index (χ1) is 9.49. The normalized spacial score (nSPS) is 21.0. The summed E-state index contributed by atoms with van der Waals surface area (Å²) in [5.74, 6) is -0.691. The third-order valence-electron chi connectivity index (χ3n) is 3.93. The van der Waals surface area contributed by atoms with Gasteiger partial charge in [0.05, 0.1) is 11.0 Å². The summed E-state index contributed by atoms with van der Waals surface area (Å²) in [5.41, 5.74) is 4.03. The van der Waals surface area contributed by atoms with Crippen LogP contribution >= 0.6 is 0 Å². The molecule has 0 aromatic carbocycles. The number of carbonyl (C=O) groups excluding carboxylic acids is 3.